The van der Waals surface area contributed by atoms with Crippen molar-refractivity contribution in [1.82, 2.24) is 10.3 Å². The Hall–Kier alpha value is -0.930. The summed E-state index contributed by atoms with van der Waals surface area (Å²) in [7, 11) is 1.76. The van der Waals surface area contributed by atoms with Crippen molar-refractivity contribution >= 4 is 0 Å². The summed E-state index contributed by atoms with van der Waals surface area (Å²) in [6, 6.07) is 4.44. The molecule has 0 saturated carbocycles. The molecule has 1 N–H and O–H groups in total. The van der Waals surface area contributed by atoms with Gasteiger partial charge in [0, 0.05) is 25.5 Å². The largest absolute Gasteiger partial charge is 0.379 e. The molecule has 0 amide bonds. The summed E-state index contributed by atoms with van der Waals surface area (Å²) in [5.41, 5.74) is 1.22. The molecule has 90 valence electrons. The third kappa shape index (κ3) is 4.29. The first kappa shape index (κ1) is 13.1. The number of rotatable bonds is 6. The molecule has 0 aromatic carbocycles. The van der Waals surface area contributed by atoms with Gasteiger partial charge in [-0.2, -0.15) is 0 Å². The Kier molecular flexibility index (Phi) is 4.90. The highest BCUT2D eigenvalue weighted by molar-refractivity contribution is 5.13. The highest BCUT2D eigenvalue weighted by atomic mass is 16.5. The highest BCUT2D eigenvalue weighted by Crippen LogP contribution is 2.14. The lowest BCUT2D eigenvalue weighted by atomic mass is 10.0. The predicted molar refractivity (Wildman–Crippen MR) is 66.4 cm³/mol. The minimum atomic E-state index is -0.0506. The molecule has 3 heteroatoms. The van der Waals surface area contributed by atoms with Gasteiger partial charge in [-0.25, -0.2) is 0 Å². The monoisotopic (exact) mass is 222 g/mol. The second-order valence-electron chi connectivity index (χ2n) is 4.67. The van der Waals surface area contributed by atoms with Crippen LogP contribution in [0.5, 0.6) is 0 Å². The van der Waals surface area contributed by atoms with Gasteiger partial charge in [0.2, 0.25) is 0 Å². The van der Waals surface area contributed by atoms with Gasteiger partial charge in [-0.3, -0.25) is 4.98 Å². The zero-order chi connectivity index (χ0) is 12.0. The van der Waals surface area contributed by atoms with Crippen molar-refractivity contribution in [3.63, 3.8) is 0 Å². The molecule has 16 heavy (non-hydrogen) atoms. The van der Waals surface area contributed by atoms with Crippen molar-refractivity contribution in [2.24, 2.45) is 0 Å². The van der Waals surface area contributed by atoms with Crippen molar-refractivity contribution in [3.05, 3.63) is 30.1 Å². The van der Waals surface area contributed by atoms with Crippen molar-refractivity contribution in [1.29, 1.82) is 0 Å². The van der Waals surface area contributed by atoms with Gasteiger partial charge in [0.15, 0.2) is 0 Å². The molecule has 0 fully saturated rings. The van der Waals surface area contributed by atoms with E-state index in [9.17, 15) is 0 Å². The number of hydrogen-bond acceptors (Lipinski definition) is 3. The van der Waals surface area contributed by atoms with Crippen molar-refractivity contribution in [3.8, 4) is 0 Å². The first-order valence-electron chi connectivity index (χ1n) is 5.73. The Balaban J connectivity index is 2.34. The minimum Gasteiger partial charge on any atom is -0.379 e. The average Bonchev–Trinajstić information content (AvgIpc) is 2.30. The van der Waals surface area contributed by atoms with E-state index >= 15 is 0 Å². The Bertz CT molecular complexity index is 298. The van der Waals surface area contributed by atoms with Crippen LogP contribution in [-0.4, -0.2) is 24.2 Å². The standard InChI is InChI=1S/C13H22N2O/c1-11(12-5-8-14-9-6-12)15-10-7-13(2,3)16-4/h5-6,8-9,11,15H,7,10H2,1-4H3. The summed E-state index contributed by atoms with van der Waals surface area (Å²) in [5.74, 6) is 0. The molecule has 0 saturated heterocycles. The molecular formula is C13H22N2O. The summed E-state index contributed by atoms with van der Waals surface area (Å²) in [4.78, 5) is 4.01. The molecule has 1 unspecified atom stereocenters. The van der Waals surface area contributed by atoms with Gasteiger partial charge in [0.05, 0.1) is 5.60 Å². The van der Waals surface area contributed by atoms with E-state index in [2.05, 4.69) is 31.1 Å². The minimum absolute atomic E-state index is 0.0506. The SMILES string of the molecule is COC(C)(C)CCNC(C)c1ccncc1. The van der Waals surface area contributed by atoms with Crippen molar-refractivity contribution in [2.75, 3.05) is 13.7 Å². The number of pyridine rings is 1. The highest BCUT2D eigenvalue weighted by Gasteiger charge is 2.16. The number of aromatic nitrogens is 1. The second kappa shape index (κ2) is 5.97. The maximum Gasteiger partial charge on any atom is 0.0634 e. The number of nitrogens with one attached hydrogen (secondary N) is 1. The van der Waals surface area contributed by atoms with Gasteiger partial charge in [-0.15, -0.1) is 0 Å². The molecule has 1 aromatic heterocycles. The summed E-state index contributed by atoms with van der Waals surface area (Å²) < 4.78 is 5.38. The smallest absolute Gasteiger partial charge is 0.0634 e. The quantitative estimate of drug-likeness (QED) is 0.803. The fraction of sp³-hybridized carbons (Fsp3) is 0.615. The van der Waals surface area contributed by atoms with Crippen LogP contribution in [0.1, 0.15) is 38.8 Å². The molecule has 1 heterocycles. The number of methoxy groups -OCH3 is 1. The van der Waals surface area contributed by atoms with Gasteiger partial charge in [-0.05, 0) is 51.4 Å². The lowest BCUT2D eigenvalue weighted by molar-refractivity contribution is 0.0154. The van der Waals surface area contributed by atoms with Gasteiger partial charge in [0.1, 0.15) is 0 Å². The molecule has 1 rings (SSSR count). The maximum absolute atomic E-state index is 5.38. The Morgan fingerprint density at radius 2 is 2.00 bits per heavy atom. The maximum atomic E-state index is 5.38. The van der Waals surface area contributed by atoms with E-state index in [1.54, 1.807) is 7.11 Å². The fourth-order valence-electron chi connectivity index (χ4n) is 1.46. The van der Waals surface area contributed by atoms with E-state index in [0.717, 1.165) is 13.0 Å². The van der Waals surface area contributed by atoms with Crippen LogP contribution in [0, 0.1) is 0 Å². The van der Waals surface area contributed by atoms with E-state index in [4.69, 9.17) is 4.74 Å². The van der Waals surface area contributed by atoms with E-state index in [-0.39, 0.29) is 5.60 Å². The molecule has 0 radical (unpaired) electrons. The van der Waals surface area contributed by atoms with Crippen molar-refractivity contribution in [2.45, 2.75) is 38.8 Å². The summed E-state index contributed by atoms with van der Waals surface area (Å²) >= 11 is 0. The van der Waals surface area contributed by atoms with Gasteiger partial charge in [-0.1, -0.05) is 0 Å². The third-order valence-corrected chi connectivity index (χ3v) is 2.94. The molecular weight excluding hydrogens is 200 g/mol. The Morgan fingerprint density at radius 1 is 1.38 bits per heavy atom. The molecule has 0 aliphatic rings. The number of hydrogen-bond donors (Lipinski definition) is 1. The Morgan fingerprint density at radius 3 is 2.56 bits per heavy atom. The van der Waals surface area contributed by atoms with Gasteiger partial charge < -0.3 is 10.1 Å². The summed E-state index contributed by atoms with van der Waals surface area (Å²) in [5, 5.41) is 3.48. The zero-order valence-electron chi connectivity index (χ0n) is 10.7. The van der Waals surface area contributed by atoms with Crippen LogP contribution in [0.15, 0.2) is 24.5 Å². The van der Waals surface area contributed by atoms with E-state index in [0.29, 0.717) is 6.04 Å². The van der Waals surface area contributed by atoms with Gasteiger partial charge in [0.25, 0.3) is 0 Å². The van der Waals surface area contributed by atoms with Crippen LogP contribution in [0.3, 0.4) is 0 Å². The van der Waals surface area contributed by atoms with E-state index in [1.165, 1.54) is 5.56 Å². The van der Waals surface area contributed by atoms with E-state index in [1.807, 2.05) is 24.5 Å². The van der Waals surface area contributed by atoms with Crippen LogP contribution in [-0.2, 0) is 4.74 Å². The molecule has 3 nitrogen and oxygen atoms in total. The molecule has 0 spiro atoms. The fourth-order valence-corrected chi connectivity index (χ4v) is 1.46. The van der Waals surface area contributed by atoms with Crippen LogP contribution in [0.2, 0.25) is 0 Å². The van der Waals surface area contributed by atoms with Gasteiger partial charge >= 0.3 is 0 Å². The lowest BCUT2D eigenvalue weighted by Gasteiger charge is -2.24. The molecule has 0 bridgehead atoms. The van der Waals surface area contributed by atoms with Crippen LogP contribution in [0.25, 0.3) is 0 Å². The topological polar surface area (TPSA) is 34.1 Å². The zero-order valence-corrected chi connectivity index (χ0v) is 10.7. The van der Waals surface area contributed by atoms with Crippen molar-refractivity contribution < 1.29 is 4.74 Å². The van der Waals surface area contributed by atoms with Crippen LogP contribution in [0.4, 0.5) is 0 Å². The summed E-state index contributed by atoms with van der Waals surface area (Å²) in [6.07, 6.45) is 4.65. The molecule has 1 atom stereocenters. The van der Waals surface area contributed by atoms with E-state index < -0.39 is 0 Å². The lowest BCUT2D eigenvalue weighted by Crippen LogP contribution is -2.30. The van der Waals surface area contributed by atoms with Crippen LogP contribution >= 0.6 is 0 Å². The molecule has 0 aliphatic heterocycles. The summed E-state index contributed by atoms with van der Waals surface area (Å²) in [6.45, 7) is 7.32. The Labute approximate surface area is 98.2 Å². The number of nitrogens with zero attached hydrogens (tertiary/aromatic N) is 1. The second-order valence-corrected chi connectivity index (χ2v) is 4.67. The molecule has 1 aromatic rings. The average molecular weight is 222 g/mol. The third-order valence-electron chi connectivity index (χ3n) is 2.94. The number of ether oxygens (including phenoxy) is 1. The predicted octanol–water partition coefficient (Wildman–Crippen LogP) is 2.55. The van der Waals surface area contributed by atoms with Crippen LogP contribution < -0.4 is 5.32 Å². The molecule has 0 aliphatic carbocycles. The first-order chi connectivity index (χ1) is 7.55. The normalized spacial score (nSPS) is 13.8. The first-order valence-corrected chi connectivity index (χ1v) is 5.73.